The summed E-state index contributed by atoms with van der Waals surface area (Å²) in [5, 5.41) is 0.783. The highest BCUT2D eigenvalue weighted by Crippen LogP contribution is 2.26. The summed E-state index contributed by atoms with van der Waals surface area (Å²) < 4.78 is 24.1. The average Bonchev–Trinajstić information content (AvgIpc) is 2.79. The van der Waals surface area contributed by atoms with Crippen LogP contribution in [-0.2, 0) is 11.3 Å². The van der Waals surface area contributed by atoms with Crippen LogP contribution in [0.15, 0.2) is 51.7 Å². The van der Waals surface area contributed by atoms with Crippen LogP contribution in [0, 0.1) is 12.7 Å². The molecule has 0 radical (unpaired) electrons. The van der Waals surface area contributed by atoms with Crippen molar-refractivity contribution in [2.75, 3.05) is 19.7 Å². The van der Waals surface area contributed by atoms with Crippen LogP contribution in [0.1, 0.15) is 25.0 Å². The van der Waals surface area contributed by atoms with Crippen molar-refractivity contribution in [1.82, 2.24) is 9.80 Å². The SMILES string of the molecule is Cc1c(Cl)c(=O)oc2cc(OCC(=O)N3C[C@H](C)N(Cc4ccc(F)cc4)C[C@H]3C)ccc12. The Labute approximate surface area is 196 Å². The Kier molecular flexibility index (Phi) is 6.72. The van der Waals surface area contributed by atoms with Crippen LogP contribution in [0.3, 0.4) is 0 Å². The first-order valence-electron chi connectivity index (χ1n) is 10.9. The van der Waals surface area contributed by atoms with Crippen LogP contribution < -0.4 is 10.4 Å². The summed E-state index contributed by atoms with van der Waals surface area (Å²) in [4.78, 5) is 28.9. The van der Waals surface area contributed by atoms with Crippen LogP contribution >= 0.6 is 11.6 Å². The molecule has 0 unspecified atom stereocenters. The fourth-order valence-electron chi connectivity index (χ4n) is 4.22. The molecule has 4 rings (SSSR count). The molecule has 2 aromatic carbocycles. The molecule has 1 aromatic heterocycles. The van der Waals surface area contributed by atoms with Gasteiger partial charge in [0.2, 0.25) is 0 Å². The number of carbonyl (C=O) groups excluding carboxylic acids is 1. The summed E-state index contributed by atoms with van der Waals surface area (Å²) in [7, 11) is 0. The minimum atomic E-state index is -0.601. The monoisotopic (exact) mass is 472 g/mol. The molecule has 1 fully saturated rings. The number of benzene rings is 2. The molecule has 0 aliphatic carbocycles. The lowest BCUT2D eigenvalue weighted by molar-refractivity contribution is -0.139. The number of carbonyl (C=O) groups is 1. The van der Waals surface area contributed by atoms with Gasteiger partial charge < -0.3 is 14.1 Å². The Morgan fingerprint density at radius 2 is 1.88 bits per heavy atom. The van der Waals surface area contributed by atoms with Crippen LogP contribution in [0.4, 0.5) is 4.39 Å². The zero-order chi connectivity index (χ0) is 23.7. The zero-order valence-corrected chi connectivity index (χ0v) is 19.6. The molecule has 0 N–H and O–H groups in total. The number of fused-ring (bicyclic) bond motifs is 1. The molecular formula is C25H26ClFN2O4. The first-order valence-corrected chi connectivity index (χ1v) is 11.2. The molecule has 2 heterocycles. The van der Waals surface area contributed by atoms with E-state index in [0.717, 1.165) is 10.9 Å². The molecule has 2 atom stereocenters. The van der Waals surface area contributed by atoms with Crippen molar-refractivity contribution < 1.29 is 18.3 Å². The Bertz CT molecular complexity index is 1230. The number of aryl methyl sites for hydroxylation is 1. The highest BCUT2D eigenvalue weighted by atomic mass is 35.5. The predicted molar refractivity (Wildman–Crippen MR) is 125 cm³/mol. The molecule has 8 heteroatoms. The minimum absolute atomic E-state index is 0.0113. The van der Waals surface area contributed by atoms with Gasteiger partial charge in [0.1, 0.15) is 22.2 Å². The number of hydrogen-bond acceptors (Lipinski definition) is 5. The van der Waals surface area contributed by atoms with Gasteiger partial charge in [-0.1, -0.05) is 23.7 Å². The molecule has 1 saturated heterocycles. The maximum atomic E-state index is 13.2. The largest absolute Gasteiger partial charge is 0.484 e. The van der Waals surface area contributed by atoms with Gasteiger partial charge >= 0.3 is 5.63 Å². The molecule has 0 spiro atoms. The summed E-state index contributed by atoms with van der Waals surface area (Å²) in [6, 6.07) is 11.8. The van der Waals surface area contributed by atoms with Crippen LogP contribution in [-0.4, -0.2) is 47.5 Å². The summed E-state index contributed by atoms with van der Waals surface area (Å²) in [6.07, 6.45) is 0. The highest BCUT2D eigenvalue weighted by Gasteiger charge is 2.32. The third kappa shape index (κ3) is 5.04. The third-order valence-corrected chi connectivity index (χ3v) is 6.60. The molecule has 33 heavy (non-hydrogen) atoms. The maximum Gasteiger partial charge on any atom is 0.355 e. The Morgan fingerprint density at radius 3 is 2.61 bits per heavy atom. The van der Waals surface area contributed by atoms with E-state index in [2.05, 4.69) is 11.8 Å². The molecule has 3 aromatic rings. The molecule has 0 bridgehead atoms. The van der Waals surface area contributed by atoms with E-state index in [0.29, 0.717) is 36.5 Å². The van der Waals surface area contributed by atoms with Gasteiger partial charge in [-0.2, -0.15) is 0 Å². The van der Waals surface area contributed by atoms with Crippen molar-refractivity contribution >= 4 is 28.5 Å². The van der Waals surface area contributed by atoms with Crippen molar-refractivity contribution in [2.24, 2.45) is 0 Å². The zero-order valence-electron chi connectivity index (χ0n) is 18.8. The van der Waals surface area contributed by atoms with E-state index < -0.39 is 5.63 Å². The number of nitrogens with zero attached hydrogens (tertiary/aromatic N) is 2. The quantitative estimate of drug-likeness (QED) is 0.515. The second-order valence-corrected chi connectivity index (χ2v) is 8.95. The van der Waals surface area contributed by atoms with E-state index in [1.54, 1.807) is 37.3 Å². The first-order chi connectivity index (χ1) is 15.7. The van der Waals surface area contributed by atoms with Crippen molar-refractivity contribution in [3.63, 3.8) is 0 Å². The van der Waals surface area contributed by atoms with Gasteiger partial charge in [0.25, 0.3) is 5.91 Å². The lowest BCUT2D eigenvalue weighted by Crippen LogP contribution is -2.58. The smallest absolute Gasteiger partial charge is 0.355 e. The number of piperazine rings is 1. The van der Waals surface area contributed by atoms with Crippen LogP contribution in [0.5, 0.6) is 5.75 Å². The molecule has 1 aliphatic rings. The number of rotatable bonds is 5. The van der Waals surface area contributed by atoms with E-state index in [-0.39, 0.29) is 35.4 Å². The third-order valence-electron chi connectivity index (χ3n) is 6.16. The van der Waals surface area contributed by atoms with Gasteiger partial charge in [0, 0.05) is 43.2 Å². The standard InChI is InChI=1S/C25H26ClFN2O4/c1-15-12-29(16(2)11-28(15)13-18-4-6-19(27)7-5-18)23(30)14-32-20-8-9-21-17(3)24(26)25(31)33-22(21)10-20/h4-10,15-16H,11-14H2,1-3H3/t15-,16+/m0/s1. The predicted octanol–water partition coefficient (Wildman–Crippen LogP) is 4.39. The number of halogens is 2. The van der Waals surface area contributed by atoms with Crippen LogP contribution in [0.25, 0.3) is 11.0 Å². The molecule has 0 saturated carbocycles. The number of amides is 1. The average molecular weight is 473 g/mol. The topological polar surface area (TPSA) is 63.0 Å². The van der Waals surface area contributed by atoms with Crippen molar-refractivity contribution in [3.8, 4) is 5.75 Å². The highest BCUT2D eigenvalue weighted by molar-refractivity contribution is 6.31. The van der Waals surface area contributed by atoms with Gasteiger partial charge in [0.15, 0.2) is 6.61 Å². The molecule has 1 amide bonds. The Morgan fingerprint density at radius 1 is 1.15 bits per heavy atom. The lowest BCUT2D eigenvalue weighted by Gasteiger charge is -2.44. The van der Waals surface area contributed by atoms with Gasteiger partial charge in [-0.25, -0.2) is 9.18 Å². The minimum Gasteiger partial charge on any atom is -0.484 e. The fraction of sp³-hybridized carbons (Fsp3) is 0.360. The van der Waals surface area contributed by atoms with E-state index >= 15 is 0 Å². The van der Waals surface area contributed by atoms with Crippen molar-refractivity contribution in [2.45, 2.75) is 39.4 Å². The molecule has 174 valence electrons. The number of ether oxygens (including phenoxy) is 1. The van der Waals surface area contributed by atoms with Gasteiger partial charge in [-0.05, 0) is 56.2 Å². The first kappa shape index (κ1) is 23.3. The summed E-state index contributed by atoms with van der Waals surface area (Å²) >= 11 is 5.97. The van der Waals surface area contributed by atoms with Crippen molar-refractivity contribution in [1.29, 1.82) is 0 Å². The second-order valence-electron chi connectivity index (χ2n) is 8.58. The fourth-order valence-corrected chi connectivity index (χ4v) is 4.36. The summed E-state index contributed by atoms with van der Waals surface area (Å²) in [5.74, 6) is 0.0871. The normalized spacial score (nSPS) is 19.1. The molecule has 6 nitrogen and oxygen atoms in total. The maximum absolute atomic E-state index is 13.2. The Hall–Kier alpha value is -2.90. The van der Waals surface area contributed by atoms with Gasteiger partial charge in [0.05, 0.1) is 0 Å². The van der Waals surface area contributed by atoms with E-state index in [1.165, 1.54) is 12.1 Å². The summed E-state index contributed by atoms with van der Waals surface area (Å²) in [6.45, 7) is 7.73. The lowest BCUT2D eigenvalue weighted by atomic mass is 10.1. The van der Waals surface area contributed by atoms with Gasteiger partial charge in [-0.3, -0.25) is 9.69 Å². The summed E-state index contributed by atoms with van der Waals surface area (Å²) in [5.41, 5.74) is 1.45. The van der Waals surface area contributed by atoms with E-state index in [4.69, 9.17) is 20.8 Å². The van der Waals surface area contributed by atoms with E-state index in [1.807, 2.05) is 11.8 Å². The second kappa shape index (κ2) is 9.53. The van der Waals surface area contributed by atoms with E-state index in [9.17, 15) is 14.0 Å². The number of hydrogen-bond donors (Lipinski definition) is 0. The molecule has 1 aliphatic heterocycles. The van der Waals surface area contributed by atoms with Gasteiger partial charge in [-0.15, -0.1) is 0 Å². The van der Waals surface area contributed by atoms with Crippen LogP contribution in [0.2, 0.25) is 5.02 Å². The van der Waals surface area contributed by atoms with Crippen molar-refractivity contribution in [3.05, 3.63) is 74.9 Å². The Balaban J connectivity index is 1.38. The molecular weight excluding hydrogens is 447 g/mol.